The number of piperazine rings is 1. The fourth-order valence-corrected chi connectivity index (χ4v) is 4.50. The number of hydrogen-bond donors (Lipinski definition) is 1. The summed E-state index contributed by atoms with van der Waals surface area (Å²) >= 11 is 12.5. The molecule has 0 aromatic heterocycles. The SMILES string of the molecule is CN1CC2CC1CN2C1=Nc2cc(Cl)c(Cl)cc2Nc2ccccc21. The Morgan fingerprint density at radius 1 is 1.04 bits per heavy atom. The highest BCUT2D eigenvalue weighted by Gasteiger charge is 2.43. The third-order valence-corrected chi connectivity index (χ3v) is 6.21. The van der Waals surface area contributed by atoms with Gasteiger partial charge >= 0.3 is 0 Å². The van der Waals surface area contributed by atoms with Crippen LogP contribution < -0.4 is 5.32 Å². The maximum Gasteiger partial charge on any atom is 0.139 e. The van der Waals surface area contributed by atoms with Crippen molar-refractivity contribution in [2.45, 2.75) is 18.5 Å². The first-order valence-electron chi connectivity index (χ1n) is 8.51. The van der Waals surface area contributed by atoms with Gasteiger partial charge in [0.1, 0.15) is 5.84 Å². The Hall–Kier alpha value is -1.75. The Kier molecular flexibility index (Phi) is 3.49. The van der Waals surface area contributed by atoms with Gasteiger partial charge in [-0.15, -0.1) is 0 Å². The van der Waals surface area contributed by atoms with E-state index in [2.05, 4.69) is 40.4 Å². The number of hydrogen-bond acceptors (Lipinski definition) is 4. The van der Waals surface area contributed by atoms with Crippen LogP contribution >= 0.6 is 23.2 Å². The minimum atomic E-state index is 0.520. The van der Waals surface area contributed by atoms with E-state index in [0.717, 1.165) is 41.6 Å². The van der Waals surface area contributed by atoms with E-state index >= 15 is 0 Å². The van der Waals surface area contributed by atoms with Crippen molar-refractivity contribution >= 4 is 46.1 Å². The van der Waals surface area contributed by atoms with Crippen molar-refractivity contribution in [2.75, 3.05) is 25.5 Å². The second-order valence-electron chi connectivity index (χ2n) is 7.02. The van der Waals surface area contributed by atoms with Gasteiger partial charge < -0.3 is 10.2 Å². The second kappa shape index (κ2) is 5.63. The van der Waals surface area contributed by atoms with Crippen molar-refractivity contribution in [1.82, 2.24) is 9.80 Å². The van der Waals surface area contributed by atoms with Crippen LogP contribution in [0.2, 0.25) is 10.0 Å². The summed E-state index contributed by atoms with van der Waals surface area (Å²) in [4.78, 5) is 9.94. The number of nitrogens with zero attached hydrogens (tertiary/aromatic N) is 3. The highest BCUT2D eigenvalue weighted by molar-refractivity contribution is 6.42. The minimum absolute atomic E-state index is 0.520. The number of benzene rings is 2. The van der Waals surface area contributed by atoms with Crippen LogP contribution in [0.4, 0.5) is 17.1 Å². The predicted molar refractivity (Wildman–Crippen MR) is 104 cm³/mol. The molecule has 0 amide bonds. The van der Waals surface area contributed by atoms with Gasteiger partial charge in [-0.25, -0.2) is 4.99 Å². The van der Waals surface area contributed by atoms with Crippen LogP contribution in [0.3, 0.4) is 0 Å². The third-order valence-electron chi connectivity index (χ3n) is 5.49. The number of likely N-dealkylation sites (tertiary alicyclic amines) is 2. The van der Waals surface area contributed by atoms with Crippen molar-refractivity contribution in [3.8, 4) is 0 Å². The second-order valence-corrected chi connectivity index (χ2v) is 7.84. The molecule has 2 aromatic carbocycles. The topological polar surface area (TPSA) is 30.9 Å². The highest BCUT2D eigenvalue weighted by atomic mass is 35.5. The number of nitrogens with one attached hydrogen (secondary N) is 1. The molecule has 3 heterocycles. The minimum Gasteiger partial charge on any atom is -0.353 e. The van der Waals surface area contributed by atoms with Crippen molar-refractivity contribution < 1.29 is 0 Å². The Morgan fingerprint density at radius 2 is 1.84 bits per heavy atom. The van der Waals surface area contributed by atoms with Crippen molar-refractivity contribution in [3.05, 3.63) is 52.0 Å². The molecule has 0 saturated carbocycles. The largest absolute Gasteiger partial charge is 0.353 e. The number of amidine groups is 1. The molecule has 25 heavy (non-hydrogen) atoms. The summed E-state index contributed by atoms with van der Waals surface area (Å²) in [7, 11) is 2.21. The summed E-state index contributed by atoms with van der Waals surface area (Å²) in [5.74, 6) is 1.03. The van der Waals surface area contributed by atoms with Crippen LogP contribution in [0.25, 0.3) is 0 Å². The van der Waals surface area contributed by atoms with Gasteiger partial charge in [0.05, 0.1) is 21.4 Å². The van der Waals surface area contributed by atoms with Crippen LogP contribution in [0, 0.1) is 0 Å². The van der Waals surface area contributed by atoms with Crippen molar-refractivity contribution in [3.63, 3.8) is 0 Å². The molecule has 0 aliphatic carbocycles. The van der Waals surface area contributed by atoms with Crippen molar-refractivity contribution in [2.24, 2.45) is 4.99 Å². The quantitative estimate of drug-likeness (QED) is 0.737. The van der Waals surface area contributed by atoms with Gasteiger partial charge in [-0.1, -0.05) is 35.3 Å². The zero-order valence-corrected chi connectivity index (χ0v) is 15.3. The van der Waals surface area contributed by atoms with E-state index in [0.29, 0.717) is 22.1 Å². The number of anilines is 2. The molecule has 0 spiro atoms. The fourth-order valence-electron chi connectivity index (χ4n) is 4.18. The third kappa shape index (κ3) is 2.43. The first kappa shape index (κ1) is 15.5. The number of halogens is 2. The lowest BCUT2D eigenvalue weighted by Gasteiger charge is -2.34. The van der Waals surface area contributed by atoms with E-state index in [1.807, 2.05) is 18.2 Å². The van der Waals surface area contributed by atoms with Gasteiger partial charge in [-0.05, 0) is 37.7 Å². The van der Waals surface area contributed by atoms with E-state index in [1.165, 1.54) is 6.42 Å². The lowest BCUT2D eigenvalue weighted by molar-refractivity contribution is 0.210. The van der Waals surface area contributed by atoms with Gasteiger partial charge in [-0.3, -0.25) is 4.90 Å². The molecule has 0 radical (unpaired) electrons. The summed E-state index contributed by atoms with van der Waals surface area (Å²) in [6.45, 7) is 2.11. The molecular formula is C19H18Cl2N4. The Labute approximate surface area is 157 Å². The van der Waals surface area contributed by atoms with E-state index < -0.39 is 0 Å². The standard InChI is InChI=1S/C19H18Cl2N4/c1-24-9-12-6-11(24)10-25(12)19-13-4-2-3-5-16(13)22-17-7-14(20)15(21)8-18(17)23-19/h2-5,7-8,11-12,22H,6,9-10H2,1H3. The van der Waals surface area contributed by atoms with Crippen molar-refractivity contribution in [1.29, 1.82) is 0 Å². The van der Waals surface area contributed by atoms with Crippen LogP contribution in [-0.2, 0) is 0 Å². The molecule has 3 aliphatic heterocycles. The van der Waals surface area contributed by atoms with E-state index in [4.69, 9.17) is 28.2 Å². The number of rotatable bonds is 0. The first-order valence-corrected chi connectivity index (χ1v) is 9.27. The molecule has 5 rings (SSSR count). The first-order chi connectivity index (χ1) is 12.1. The van der Waals surface area contributed by atoms with E-state index in [1.54, 1.807) is 0 Å². The van der Waals surface area contributed by atoms with Gasteiger partial charge in [-0.2, -0.15) is 0 Å². The molecule has 128 valence electrons. The highest BCUT2D eigenvalue weighted by Crippen LogP contribution is 2.41. The molecular weight excluding hydrogens is 355 g/mol. The Morgan fingerprint density at radius 3 is 2.60 bits per heavy atom. The lowest BCUT2D eigenvalue weighted by Crippen LogP contribution is -2.47. The molecule has 3 aliphatic rings. The molecule has 1 N–H and O–H groups in total. The maximum atomic E-state index is 6.25. The van der Waals surface area contributed by atoms with E-state index in [9.17, 15) is 0 Å². The number of aliphatic imine (C=N–C) groups is 1. The molecule has 2 aromatic rings. The number of para-hydroxylation sites is 1. The fraction of sp³-hybridized carbons (Fsp3) is 0.316. The predicted octanol–water partition coefficient (Wildman–Crippen LogP) is 4.52. The summed E-state index contributed by atoms with van der Waals surface area (Å²) in [5, 5.41) is 4.54. The zero-order valence-electron chi connectivity index (χ0n) is 13.8. The van der Waals surface area contributed by atoms with Gasteiger partial charge in [0.2, 0.25) is 0 Å². The summed E-state index contributed by atoms with van der Waals surface area (Å²) in [6.07, 6.45) is 1.21. The molecule has 2 unspecified atom stereocenters. The average Bonchev–Trinajstić information content (AvgIpc) is 3.12. The molecule has 2 fully saturated rings. The van der Waals surface area contributed by atoms with Gasteiger partial charge in [0.25, 0.3) is 0 Å². The van der Waals surface area contributed by atoms with Gasteiger partial charge in [0, 0.05) is 36.4 Å². The number of likely N-dealkylation sites (N-methyl/N-ethyl adjacent to an activating group) is 1. The zero-order chi connectivity index (χ0) is 17.1. The van der Waals surface area contributed by atoms with Crippen LogP contribution in [0.1, 0.15) is 12.0 Å². The Bertz CT molecular complexity index is 893. The summed E-state index contributed by atoms with van der Waals surface area (Å²) in [6, 6.07) is 13.2. The van der Waals surface area contributed by atoms with Crippen LogP contribution in [-0.4, -0.2) is 47.9 Å². The maximum absolute atomic E-state index is 6.25. The Balaban J connectivity index is 1.67. The monoisotopic (exact) mass is 372 g/mol. The normalized spacial score (nSPS) is 24.4. The summed E-state index contributed by atoms with van der Waals surface area (Å²) < 4.78 is 0. The number of fused-ring (bicyclic) bond motifs is 4. The molecule has 2 atom stereocenters. The molecule has 6 heteroatoms. The van der Waals surface area contributed by atoms with Gasteiger partial charge in [0.15, 0.2) is 0 Å². The molecule has 4 nitrogen and oxygen atoms in total. The smallest absolute Gasteiger partial charge is 0.139 e. The molecule has 2 saturated heterocycles. The van der Waals surface area contributed by atoms with E-state index in [-0.39, 0.29) is 0 Å². The van der Waals surface area contributed by atoms with Crippen LogP contribution in [0.5, 0.6) is 0 Å². The summed E-state index contributed by atoms with van der Waals surface area (Å²) in [5.41, 5.74) is 3.89. The average molecular weight is 373 g/mol. The van der Waals surface area contributed by atoms with Crippen LogP contribution in [0.15, 0.2) is 41.4 Å². The molecule has 2 bridgehead atoms. The lowest BCUT2D eigenvalue weighted by atomic mass is 10.1.